The number of benzene rings is 1. The maximum Gasteiger partial charge on any atom is 0.198 e. The van der Waals surface area contributed by atoms with E-state index in [1.165, 1.54) is 12.1 Å². The van der Waals surface area contributed by atoms with Gasteiger partial charge in [-0.05, 0) is 37.5 Å². The minimum atomic E-state index is -0.583. The molecule has 23 heavy (non-hydrogen) atoms. The highest BCUT2D eigenvalue weighted by atomic mass is 32.1. The maximum absolute atomic E-state index is 14.1. The van der Waals surface area contributed by atoms with Crippen molar-refractivity contribution in [3.05, 3.63) is 46.0 Å². The molecular formula is C15H18F2N4OS. The summed E-state index contributed by atoms with van der Waals surface area (Å²) in [5.41, 5.74) is -0.0568. The van der Waals surface area contributed by atoms with E-state index in [0.717, 1.165) is 25.3 Å². The van der Waals surface area contributed by atoms with Gasteiger partial charge in [-0.25, -0.2) is 13.5 Å². The van der Waals surface area contributed by atoms with Gasteiger partial charge in [-0.2, -0.15) is 5.10 Å². The van der Waals surface area contributed by atoms with Crippen molar-refractivity contribution in [1.29, 1.82) is 0 Å². The van der Waals surface area contributed by atoms with Crippen LogP contribution in [0.2, 0.25) is 0 Å². The number of aromatic nitrogens is 3. The third-order valence-corrected chi connectivity index (χ3v) is 4.98. The molecule has 0 unspecified atom stereocenters. The normalized spacial score (nSPS) is 16.3. The average molecular weight is 340 g/mol. The van der Waals surface area contributed by atoms with E-state index in [1.807, 2.05) is 0 Å². The summed E-state index contributed by atoms with van der Waals surface area (Å²) in [5, 5.41) is 16.8. The van der Waals surface area contributed by atoms with Gasteiger partial charge in [0, 0.05) is 24.2 Å². The fourth-order valence-corrected chi connectivity index (χ4v) is 3.16. The van der Waals surface area contributed by atoms with Crippen molar-refractivity contribution in [3.63, 3.8) is 0 Å². The van der Waals surface area contributed by atoms with Gasteiger partial charge in [0.25, 0.3) is 0 Å². The molecule has 0 aliphatic heterocycles. The topological polar surface area (TPSA) is 55.0 Å². The van der Waals surface area contributed by atoms with Crippen molar-refractivity contribution < 1.29 is 13.9 Å². The van der Waals surface area contributed by atoms with Crippen molar-refractivity contribution in [2.75, 3.05) is 0 Å². The predicted molar refractivity (Wildman–Crippen MR) is 83.0 cm³/mol. The Kier molecular flexibility index (Phi) is 4.31. The van der Waals surface area contributed by atoms with Crippen molar-refractivity contribution in [2.24, 2.45) is 7.05 Å². The Labute approximate surface area is 137 Å². The van der Waals surface area contributed by atoms with Crippen LogP contribution in [-0.2, 0) is 25.9 Å². The Morgan fingerprint density at radius 1 is 1.39 bits per heavy atom. The first-order chi connectivity index (χ1) is 11.0. The van der Waals surface area contributed by atoms with Gasteiger partial charge in [0.1, 0.15) is 18.2 Å². The van der Waals surface area contributed by atoms with E-state index in [0.29, 0.717) is 22.8 Å². The molecule has 8 heteroatoms. The molecule has 1 heterocycles. The molecule has 5 nitrogen and oxygen atoms in total. The zero-order valence-electron chi connectivity index (χ0n) is 12.7. The minimum Gasteiger partial charge on any atom is -0.388 e. The number of nitrogens with zero attached hydrogens (tertiary/aromatic N) is 3. The Bertz CT molecular complexity index is 782. The van der Waals surface area contributed by atoms with Crippen LogP contribution in [0, 0.1) is 16.4 Å². The molecule has 1 saturated carbocycles. The number of aliphatic hydroxyl groups is 1. The van der Waals surface area contributed by atoms with Crippen molar-refractivity contribution in [1.82, 2.24) is 19.7 Å². The first kappa shape index (κ1) is 16.2. The maximum atomic E-state index is 14.1. The largest absolute Gasteiger partial charge is 0.388 e. The quantitative estimate of drug-likeness (QED) is 0.821. The third kappa shape index (κ3) is 2.82. The second-order valence-electron chi connectivity index (χ2n) is 5.81. The average Bonchev–Trinajstić information content (AvgIpc) is 2.75. The van der Waals surface area contributed by atoms with Crippen LogP contribution in [-0.4, -0.2) is 19.5 Å². The molecule has 0 bridgehead atoms. The zero-order valence-corrected chi connectivity index (χ0v) is 13.5. The number of aliphatic hydroxyl groups excluding tert-OH is 1. The number of nitrogens with one attached hydrogen (secondary N) is 1. The van der Waals surface area contributed by atoms with Crippen molar-refractivity contribution in [2.45, 2.75) is 38.1 Å². The third-order valence-electron chi connectivity index (χ3n) is 4.49. The van der Waals surface area contributed by atoms with Crippen molar-refractivity contribution in [3.8, 4) is 0 Å². The van der Waals surface area contributed by atoms with E-state index in [2.05, 4.69) is 10.4 Å². The molecule has 0 radical (unpaired) electrons. The summed E-state index contributed by atoms with van der Waals surface area (Å²) < 4.78 is 30.9. The van der Waals surface area contributed by atoms with E-state index in [1.54, 1.807) is 16.3 Å². The second kappa shape index (κ2) is 6.10. The lowest BCUT2D eigenvalue weighted by molar-refractivity contribution is 0.160. The van der Waals surface area contributed by atoms with Crippen molar-refractivity contribution >= 4 is 12.2 Å². The van der Waals surface area contributed by atoms with Gasteiger partial charge in [0.05, 0.1) is 6.67 Å². The molecule has 1 aliphatic carbocycles. The SMILES string of the molecule is Cn1c(CO)nn(CNC2(c3ccc(F)cc3F)CCC2)c1=S. The number of hydrogen-bond acceptors (Lipinski definition) is 4. The Morgan fingerprint density at radius 2 is 2.13 bits per heavy atom. The highest BCUT2D eigenvalue weighted by Gasteiger charge is 2.40. The van der Waals surface area contributed by atoms with Crippen LogP contribution in [0.3, 0.4) is 0 Å². The highest BCUT2D eigenvalue weighted by Crippen LogP contribution is 2.42. The first-order valence-electron chi connectivity index (χ1n) is 7.41. The van der Waals surface area contributed by atoms with E-state index in [9.17, 15) is 13.9 Å². The summed E-state index contributed by atoms with van der Waals surface area (Å²) in [6.07, 6.45) is 2.50. The van der Waals surface area contributed by atoms with Crippen LogP contribution in [0.1, 0.15) is 30.7 Å². The molecule has 0 spiro atoms. The lowest BCUT2D eigenvalue weighted by Crippen LogP contribution is -2.49. The molecule has 1 aromatic heterocycles. The summed E-state index contributed by atoms with van der Waals surface area (Å²) in [6, 6.07) is 3.68. The molecule has 0 saturated heterocycles. The molecule has 1 aliphatic rings. The Hall–Kier alpha value is -1.64. The Balaban J connectivity index is 1.84. The predicted octanol–water partition coefficient (Wildman–Crippen LogP) is 2.35. The lowest BCUT2D eigenvalue weighted by atomic mass is 9.71. The van der Waals surface area contributed by atoms with Crippen LogP contribution < -0.4 is 5.32 Å². The molecule has 1 aromatic carbocycles. The van der Waals surface area contributed by atoms with E-state index in [4.69, 9.17) is 12.2 Å². The number of halogens is 2. The van der Waals surface area contributed by atoms with Crippen LogP contribution in [0.5, 0.6) is 0 Å². The molecule has 2 aromatic rings. The minimum absolute atomic E-state index is 0.203. The second-order valence-corrected chi connectivity index (χ2v) is 6.18. The molecular weight excluding hydrogens is 322 g/mol. The molecule has 2 N–H and O–H groups in total. The molecule has 0 amide bonds. The summed E-state index contributed by atoms with van der Waals surface area (Å²) in [5.74, 6) is -0.662. The summed E-state index contributed by atoms with van der Waals surface area (Å²) in [4.78, 5) is 0. The van der Waals surface area contributed by atoms with Gasteiger partial charge in [0.15, 0.2) is 10.6 Å². The number of rotatable bonds is 5. The zero-order chi connectivity index (χ0) is 16.6. The van der Waals surface area contributed by atoms with Gasteiger partial charge in [-0.3, -0.25) is 5.32 Å². The van der Waals surface area contributed by atoms with E-state index in [-0.39, 0.29) is 6.61 Å². The highest BCUT2D eigenvalue weighted by molar-refractivity contribution is 7.71. The number of hydrogen-bond donors (Lipinski definition) is 2. The Morgan fingerprint density at radius 3 is 2.65 bits per heavy atom. The fourth-order valence-electron chi connectivity index (χ4n) is 2.95. The monoisotopic (exact) mass is 340 g/mol. The van der Waals surface area contributed by atoms with Crippen LogP contribution in [0.25, 0.3) is 0 Å². The summed E-state index contributed by atoms with van der Waals surface area (Å²) in [6.45, 7) is 0.0916. The van der Waals surface area contributed by atoms with Gasteiger partial charge in [-0.1, -0.05) is 6.07 Å². The van der Waals surface area contributed by atoms with Gasteiger partial charge in [0.2, 0.25) is 0 Å². The van der Waals surface area contributed by atoms with Gasteiger partial charge < -0.3 is 9.67 Å². The molecule has 3 rings (SSSR count). The van der Waals surface area contributed by atoms with Gasteiger partial charge in [-0.15, -0.1) is 0 Å². The smallest absolute Gasteiger partial charge is 0.198 e. The molecule has 1 fully saturated rings. The standard InChI is InChI=1S/C15H18F2N4OS/c1-20-13(8-22)19-21(14(20)23)9-18-15(5-2-6-15)11-4-3-10(16)7-12(11)17/h3-4,7,18,22H,2,5-6,8-9H2,1H3. The molecule has 124 valence electrons. The first-order valence-corrected chi connectivity index (χ1v) is 7.82. The van der Waals surface area contributed by atoms with E-state index < -0.39 is 17.2 Å². The molecule has 0 atom stereocenters. The van der Waals surface area contributed by atoms with Crippen LogP contribution in [0.4, 0.5) is 8.78 Å². The van der Waals surface area contributed by atoms with Crippen LogP contribution in [0.15, 0.2) is 18.2 Å². The summed E-state index contributed by atoms with van der Waals surface area (Å²) in [7, 11) is 1.73. The summed E-state index contributed by atoms with van der Waals surface area (Å²) >= 11 is 5.27. The fraction of sp³-hybridized carbons (Fsp3) is 0.467. The van der Waals surface area contributed by atoms with E-state index >= 15 is 0 Å². The van der Waals surface area contributed by atoms with Crippen LogP contribution >= 0.6 is 12.2 Å². The van der Waals surface area contributed by atoms with Gasteiger partial charge >= 0.3 is 0 Å². The lowest BCUT2D eigenvalue weighted by Gasteiger charge is -2.43.